The van der Waals surface area contributed by atoms with Gasteiger partial charge in [-0.2, -0.15) is 0 Å². The molecule has 0 aromatic rings. The maximum Gasteiger partial charge on any atom is 0.154 e. The molecular formula is C10H21NO2S. The first-order valence-corrected chi connectivity index (χ1v) is 7.12. The molecule has 2 atom stereocenters. The lowest BCUT2D eigenvalue weighted by Crippen LogP contribution is -2.29. The van der Waals surface area contributed by atoms with Crippen molar-refractivity contribution in [3.8, 4) is 0 Å². The molecule has 1 rings (SSSR count). The van der Waals surface area contributed by atoms with E-state index < -0.39 is 9.84 Å². The molecule has 1 heterocycles. The first kappa shape index (κ1) is 12.0. The smallest absolute Gasteiger partial charge is 0.154 e. The van der Waals surface area contributed by atoms with Crippen molar-refractivity contribution in [2.24, 2.45) is 5.92 Å². The van der Waals surface area contributed by atoms with Crippen LogP contribution in [0.5, 0.6) is 0 Å². The highest BCUT2D eigenvalue weighted by molar-refractivity contribution is 7.92. The van der Waals surface area contributed by atoms with Crippen molar-refractivity contribution >= 4 is 9.84 Å². The molecule has 14 heavy (non-hydrogen) atoms. The minimum Gasteiger partial charge on any atom is -0.313 e. The minimum atomic E-state index is -2.82. The van der Waals surface area contributed by atoms with E-state index in [0.29, 0.717) is 11.7 Å². The van der Waals surface area contributed by atoms with Crippen molar-refractivity contribution in [1.82, 2.24) is 5.32 Å². The van der Waals surface area contributed by atoms with E-state index in [9.17, 15) is 8.42 Å². The maximum absolute atomic E-state index is 11.7. The van der Waals surface area contributed by atoms with Crippen LogP contribution in [-0.2, 0) is 9.84 Å². The SMILES string of the molecule is CCNC1C[C@@H](CC(C)C)S(=O)(=O)C1. The second-order valence-corrected chi connectivity index (χ2v) is 6.90. The van der Waals surface area contributed by atoms with Gasteiger partial charge in [0.1, 0.15) is 0 Å². The summed E-state index contributed by atoms with van der Waals surface area (Å²) in [6.45, 7) is 7.03. The van der Waals surface area contributed by atoms with E-state index in [0.717, 1.165) is 19.4 Å². The molecule has 3 nitrogen and oxygen atoms in total. The Bertz CT molecular complexity index is 272. The molecule has 0 aliphatic carbocycles. The van der Waals surface area contributed by atoms with Gasteiger partial charge in [-0.25, -0.2) is 8.42 Å². The fourth-order valence-electron chi connectivity index (χ4n) is 2.15. The largest absolute Gasteiger partial charge is 0.313 e. The van der Waals surface area contributed by atoms with Crippen LogP contribution in [0.25, 0.3) is 0 Å². The van der Waals surface area contributed by atoms with Gasteiger partial charge < -0.3 is 5.32 Å². The van der Waals surface area contributed by atoms with Crippen molar-refractivity contribution in [2.75, 3.05) is 12.3 Å². The number of nitrogens with one attached hydrogen (secondary N) is 1. The summed E-state index contributed by atoms with van der Waals surface area (Å²) in [5.41, 5.74) is 0. The molecule has 0 saturated carbocycles. The Morgan fingerprint density at radius 3 is 2.57 bits per heavy atom. The van der Waals surface area contributed by atoms with Gasteiger partial charge in [-0.05, 0) is 25.3 Å². The summed E-state index contributed by atoms with van der Waals surface area (Å²) in [6.07, 6.45) is 1.61. The topological polar surface area (TPSA) is 46.2 Å². The molecule has 1 unspecified atom stereocenters. The van der Waals surface area contributed by atoms with Crippen LogP contribution < -0.4 is 5.32 Å². The van der Waals surface area contributed by atoms with E-state index in [2.05, 4.69) is 19.2 Å². The third-order valence-corrected chi connectivity index (χ3v) is 4.98. The van der Waals surface area contributed by atoms with Crippen molar-refractivity contribution < 1.29 is 8.42 Å². The molecule has 0 radical (unpaired) electrons. The van der Waals surface area contributed by atoms with Crippen molar-refractivity contribution in [3.05, 3.63) is 0 Å². The minimum absolute atomic E-state index is 0.105. The maximum atomic E-state index is 11.7. The monoisotopic (exact) mass is 219 g/mol. The van der Waals surface area contributed by atoms with Crippen LogP contribution in [0.1, 0.15) is 33.6 Å². The number of hydrogen-bond donors (Lipinski definition) is 1. The van der Waals surface area contributed by atoms with Crippen molar-refractivity contribution in [2.45, 2.75) is 44.9 Å². The summed E-state index contributed by atoms with van der Waals surface area (Å²) in [5.74, 6) is 0.799. The molecule has 0 aromatic heterocycles. The highest BCUT2D eigenvalue weighted by atomic mass is 32.2. The van der Waals surface area contributed by atoms with Crippen LogP contribution in [0.4, 0.5) is 0 Å². The first-order chi connectivity index (χ1) is 6.45. The van der Waals surface area contributed by atoms with Gasteiger partial charge in [0.15, 0.2) is 9.84 Å². The fourth-order valence-corrected chi connectivity index (χ4v) is 4.44. The van der Waals surface area contributed by atoms with Crippen LogP contribution in [0.2, 0.25) is 0 Å². The van der Waals surface area contributed by atoms with E-state index in [4.69, 9.17) is 0 Å². The second-order valence-electron chi connectivity index (χ2n) is 4.57. The van der Waals surface area contributed by atoms with E-state index >= 15 is 0 Å². The molecule has 1 saturated heterocycles. The standard InChI is InChI=1S/C10H21NO2S/c1-4-11-9-6-10(5-8(2)3)14(12,13)7-9/h8-11H,4-7H2,1-3H3/t9?,10-/m1/s1. The van der Waals surface area contributed by atoms with Gasteiger partial charge >= 0.3 is 0 Å². The van der Waals surface area contributed by atoms with E-state index in [-0.39, 0.29) is 11.3 Å². The molecule has 0 spiro atoms. The molecule has 1 N–H and O–H groups in total. The van der Waals surface area contributed by atoms with Gasteiger partial charge in [-0.15, -0.1) is 0 Å². The summed E-state index contributed by atoms with van der Waals surface area (Å²) < 4.78 is 23.5. The van der Waals surface area contributed by atoms with Crippen LogP contribution in [0.3, 0.4) is 0 Å². The average Bonchev–Trinajstić information content (AvgIpc) is 2.26. The lowest BCUT2D eigenvalue weighted by molar-refractivity contribution is 0.492. The van der Waals surface area contributed by atoms with Crippen LogP contribution in [0, 0.1) is 5.92 Å². The lowest BCUT2D eigenvalue weighted by atomic mass is 10.0. The van der Waals surface area contributed by atoms with Crippen LogP contribution in [-0.4, -0.2) is 32.0 Å². The Balaban J connectivity index is 2.60. The molecule has 0 aromatic carbocycles. The molecule has 1 fully saturated rings. The van der Waals surface area contributed by atoms with Gasteiger partial charge in [-0.3, -0.25) is 0 Å². The molecule has 0 amide bonds. The average molecular weight is 219 g/mol. The highest BCUT2D eigenvalue weighted by Crippen LogP contribution is 2.26. The Labute approximate surface area is 87.2 Å². The van der Waals surface area contributed by atoms with Gasteiger partial charge in [0.05, 0.1) is 11.0 Å². The second kappa shape index (κ2) is 4.62. The zero-order valence-corrected chi connectivity index (χ0v) is 10.1. The van der Waals surface area contributed by atoms with Gasteiger partial charge in [-0.1, -0.05) is 20.8 Å². The highest BCUT2D eigenvalue weighted by Gasteiger charge is 2.37. The van der Waals surface area contributed by atoms with Gasteiger partial charge in [0, 0.05) is 6.04 Å². The van der Waals surface area contributed by atoms with E-state index in [1.54, 1.807) is 0 Å². The number of rotatable bonds is 4. The molecular weight excluding hydrogens is 198 g/mol. The summed E-state index contributed by atoms with van der Waals surface area (Å²) in [6, 6.07) is 0.189. The molecule has 4 heteroatoms. The Hall–Kier alpha value is -0.0900. The van der Waals surface area contributed by atoms with Crippen LogP contribution in [0.15, 0.2) is 0 Å². The number of hydrogen-bond acceptors (Lipinski definition) is 3. The third kappa shape index (κ3) is 2.95. The predicted octanol–water partition coefficient (Wildman–Crippen LogP) is 1.20. The summed E-state index contributed by atoms with van der Waals surface area (Å²) >= 11 is 0. The van der Waals surface area contributed by atoms with E-state index in [1.807, 2.05) is 6.92 Å². The Morgan fingerprint density at radius 2 is 2.07 bits per heavy atom. The summed E-state index contributed by atoms with van der Waals surface area (Å²) in [7, 11) is -2.82. The van der Waals surface area contributed by atoms with E-state index in [1.165, 1.54) is 0 Å². The molecule has 1 aliphatic heterocycles. The molecule has 84 valence electrons. The number of sulfone groups is 1. The third-order valence-electron chi connectivity index (χ3n) is 2.72. The van der Waals surface area contributed by atoms with Gasteiger partial charge in [0.25, 0.3) is 0 Å². The molecule has 1 aliphatic rings. The fraction of sp³-hybridized carbons (Fsp3) is 1.00. The van der Waals surface area contributed by atoms with Crippen LogP contribution >= 0.6 is 0 Å². The zero-order valence-electron chi connectivity index (χ0n) is 9.29. The molecule has 0 bridgehead atoms. The first-order valence-electron chi connectivity index (χ1n) is 5.40. The quantitative estimate of drug-likeness (QED) is 0.773. The zero-order chi connectivity index (χ0) is 10.8. The van der Waals surface area contributed by atoms with Crippen molar-refractivity contribution in [3.63, 3.8) is 0 Å². The Morgan fingerprint density at radius 1 is 1.43 bits per heavy atom. The predicted molar refractivity (Wildman–Crippen MR) is 59.1 cm³/mol. The summed E-state index contributed by atoms with van der Waals surface area (Å²) in [5, 5.41) is 3.12. The normalized spacial score (nSPS) is 31.1. The summed E-state index contributed by atoms with van der Waals surface area (Å²) in [4.78, 5) is 0. The Kier molecular flexibility index (Phi) is 3.95. The van der Waals surface area contributed by atoms with Crippen molar-refractivity contribution in [1.29, 1.82) is 0 Å². The van der Waals surface area contributed by atoms with Gasteiger partial charge in [0.2, 0.25) is 0 Å². The lowest BCUT2D eigenvalue weighted by Gasteiger charge is -2.12.